The third-order valence-corrected chi connectivity index (χ3v) is 5.88. The van der Waals surface area contributed by atoms with Crippen LogP contribution >= 0.6 is 0 Å². The van der Waals surface area contributed by atoms with Crippen LogP contribution in [0.2, 0.25) is 0 Å². The lowest BCUT2D eigenvalue weighted by atomic mass is 9.91. The van der Waals surface area contributed by atoms with Gasteiger partial charge in [-0.15, -0.1) is 0 Å². The standard InChI is InChI=1S/C26H29N3O6/c1-4-34-19-9-7-18(8-10-19)28-26(31)29-12-11-17-14-23(32-2)24(33-3)15-20(17)21(29)16-27-25(30)22-6-5-13-35-22/h5-10,13-15,21H,4,11-12,16H2,1-3H3,(H,27,30)(H,28,31)/t21-/m0/s1. The molecule has 1 aromatic heterocycles. The molecule has 2 heterocycles. The first-order chi connectivity index (χ1) is 17.0. The van der Waals surface area contributed by atoms with Crippen LogP contribution in [0.4, 0.5) is 10.5 Å². The molecule has 9 heteroatoms. The molecule has 0 saturated heterocycles. The fourth-order valence-electron chi connectivity index (χ4n) is 4.17. The highest BCUT2D eigenvalue weighted by atomic mass is 16.5. The molecule has 0 bridgehead atoms. The van der Waals surface area contributed by atoms with E-state index in [2.05, 4.69) is 10.6 Å². The minimum Gasteiger partial charge on any atom is -0.494 e. The van der Waals surface area contributed by atoms with Gasteiger partial charge in [-0.3, -0.25) is 4.79 Å². The van der Waals surface area contributed by atoms with Gasteiger partial charge in [0.1, 0.15) is 5.75 Å². The first kappa shape index (κ1) is 24.0. The number of methoxy groups -OCH3 is 2. The van der Waals surface area contributed by atoms with Crippen molar-refractivity contribution in [1.29, 1.82) is 0 Å². The summed E-state index contributed by atoms with van der Waals surface area (Å²) in [7, 11) is 3.15. The number of fused-ring (bicyclic) bond motifs is 1. The summed E-state index contributed by atoms with van der Waals surface area (Å²) in [4.78, 5) is 27.6. The third kappa shape index (κ3) is 5.34. The molecule has 0 spiro atoms. The van der Waals surface area contributed by atoms with Gasteiger partial charge in [0.15, 0.2) is 17.3 Å². The summed E-state index contributed by atoms with van der Waals surface area (Å²) in [6.07, 6.45) is 2.08. The summed E-state index contributed by atoms with van der Waals surface area (Å²) in [6, 6.07) is 13.5. The molecule has 1 aliphatic rings. The zero-order valence-corrected chi connectivity index (χ0v) is 20.0. The maximum absolute atomic E-state index is 13.3. The zero-order chi connectivity index (χ0) is 24.8. The fourth-order valence-corrected chi connectivity index (χ4v) is 4.17. The van der Waals surface area contributed by atoms with E-state index in [1.165, 1.54) is 6.26 Å². The monoisotopic (exact) mass is 479 g/mol. The summed E-state index contributed by atoms with van der Waals surface area (Å²) < 4.78 is 21.6. The number of nitrogens with one attached hydrogen (secondary N) is 2. The molecule has 1 aliphatic heterocycles. The lowest BCUT2D eigenvalue weighted by Gasteiger charge is -2.37. The second-order valence-electron chi connectivity index (χ2n) is 7.94. The predicted octanol–water partition coefficient (Wildman–Crippen LogP) is 4.26. The number of anilines is 1. The largest absolute Gasteiger partial charge is 0.494 e. The highest BCUT2D eigenvalue weighted by molar-refractivity contribution is 5.92. The van der Waals surface area contributed by atoms with Crippen LogP contribution in [-0.2, 0) is 6.42 Å². The summed E-state index contributed by atoms with van der Waals surface area (Å²) in [6.45, 7) is 3.14. The fraction of sp³-hybridized carbons (Fsp3) is 0.308. The number of furan rings is 1. The zero-order valence-electron chi connectivity index (χ0n) is 20.0. The predicted molar refractivity (Wildman–Crippen MR) is 130 cm³/mol. The maximum Gasteiger partial charge on any atom is 0.322 e. The Morgan fingerprint density at radius 1 is 1.09 bits per heavy atom. The Morgan fingerprint density at radius 3 is 2.49 bits per heavy atom. The minimum atomic E-state index is -0.430. The van der Waals surface area contributed by atoms with Crippen LogP contribution in [0, 0.1) is 0 Å². The third-order valence-electron chi connectivity index (χ3n) is 5.88. The summed E-state index contributed by atoms with van der Waals surface area (Å²) >= 11 is 0. The molecule has 3 amide bonds. The molecule has 0 unspecified atom stereocenters. The van der Waals surface area contributed by atoms with E-state index in [0.29, 0.717) is 36.8 Å². The van der Waals surface area contributed by atoms with Gasteiger partial charge in [0.05, 0.1) is 33.1 Å². The van der Waals surface area contributed by atoms with E-state index in [0.717, 1.165) is 16.9 Å². The molecule has 0 radical (unpaired) electrons. The number of amides is 3. The maximum atomic E-state index is 13.3. The van der Waals surface area contributed by atoms with Crippen molar-refractivity contribution < 1.29 is 28.2 Å². The number of carbonyl (C=O) groups excluding carboxylic acids is 2. The van der Waals surface area contributed by atoms with E-state index >= 15 is 0 Å². The van der Waals surface area contributed by atoms with Crippen LogP contribution in [0.15, 0.2) is 59.2 Å². The number of nitrogens with zero attached hydrogens (tertiary/aromatic N) is 1. The molecule has 35 heavy (non-hydrogen) atoms. The normalized spacial score (nSPS) is 14.6. The van der Waals surface area contributed by atoms with Crippen molar-refractivity contribution in [3.63, 3.8) is 0 Å². The number of ether oxygens (including phenoxy) is 3. The van der Waals surface area contributed by atoms with Crippen molar-refractivity contribution >= 4 is 17.6 Å². The number of urea groups is 1. The van der Waals surface area contributed by atoms with Crippen molar-refractivity contribution in [3.8, 4) is 17.2 Å². The number of hydrogen-bond donors (Lipinski definition) is 2. The van der Waals surface area contributed by atoms with Gasteiger partial charge < -0.3 is 34.2 Å². The highest BCUT2D eigenvalue weighted by Gasteiger charge is 2.33. The van der Waals surface area contributed by atoms with Crippen molar-refractivity contribution in [2.45, 2.75) is 19.4 Å². The van der Waals surface area contributed by atoms with Crippen LogP contribution in [0.1, 0.15) is 34.6 Å². The van der Waals surface area contributed by atoms with E-state index in [1.54, 1.807) is 43.4 Å². The number of rotatable bonds is 8. The van der Waals surface area contributed by atoms with Gasteiger partial charge in [-0.25, -0.2) is 4.79 Å². The molecule has 0 aliphatic carbocycles. The Balaban J connectivity index is 1.59. The second kappa shape index (κ2) is 10.9. The van der Waals surface area contributed by atoms with Crippen LogP contribution < -0.4 is 24.8 Å². The first-order valence-corrected chi connectivity index (χ1v) is 11.4. The molecular formula is C26H29N3O6. The van der Waals surface area contributed by atoms with E-state index in [4.69, 9.17) is 18.6 Å². The first-order valence-electron chi connectivity index (χ1n) is 11.4. The molecule has 4 rings (SSSR count). The van der Waals surface area contributed by atoms with Gasteiger partial charge >= 0.3 is 6.03 Å². The van der Waals surface area contributed by atoms with Crippen LogP contribution in [-0.4, -0.2) is 50.8 Å². The van der Waals surface area contributed by atoms with Gasteiger partial charge in [0.25, 0.3) is 5.91 Å². The Morgan fingerprint density at radius 2 is 1.83 bits per heavy atom. The van der Waals surface area contributed by atoms with Crippen molar-refractivity contribution in [2.75, 3.05) is 39.2 Å². The van der Waals surface area contributed by atoms with Gasteiger partial charge in [-0.1, -0.05) is 0 Å². The molecule has 0 fully saturated rings. The van der Waals surface area contributed by atoms with Gasteiger partial charge in [0, 0.05) is 18.8 Å². The Kier molecular flexibility index (Phi) is 7.45. The smallest absolute Gasteiger partial charge is 0.322 e. The van der Waals surface area contributed by atoms with Crippen molar-refractivity contribution in [3.05, 3.63) is 71.7 Å². The van der Waals surface area contributed by atoms with Gasteiger partial charge in [0.2, 0.25) is 0 Å². The molecule has 1 atom stereocenters. The molecule has 0 saturated carbocycles. The highest BCUT2D eigenvalue weighted by Crippen LogP contribution is 2.38. The SMILES string of the molecule is CCOc1ccc(NC(=O)N2CCc3cc(OC)c(OC)cc3[C@@H]2CNC(=O)c2ccco2)cc1. The molecule has 9 nitrogen and oxygen atoms in total. The average Bonchev–Trinajstić information content (AvgIpc) is 3.42. The lowest BCUT2D eigenvalue weighted by Crippen LogP contribution is -2.46. The van der Waals surface area contributed by atoms with Crippen LogP contribution in [0.3, 0.4) is 0 Å². The van der Waals surface area contributed by atoms with Gasteiger partial charge in [-0.2, -0.15) is 0 Å². The molecule has 2 N–H and O–H groups in total. The summed E-state index contributed by atoms with van der Waals surface area (Å²) in [5.74, 6) is 1.77. The van der Waals surface area contributed by atoms with Crippen LogP contribution in [0.5, 0.6) is 17.2 Å². The Bertz CT molecular complexity index is 1160. The van der Waals surface area contributed by atoms with Crippen molar-refractivity contribution in [1.82, 2.24) is 10.2 Å². The quantitative estimate of drug-likeness (QED) is 0.501. The molecule has 2 aromatic carbocycles. The average molecular weight is 480 g/mol. The lowest BCUT2D eigenvalue weighted by molar-refractivity contribution is 0.0909. The summed E-state index contributed by atoms with van der Waals surface area (Å²) in [5, 5.41) is 5.84. The number of hydrogen-bond acceptors (Lipinski definition) is 6. The van der Waals surface area contributed by atoms with E-state index in [-0.39, 0.29) is 24.2 Å². The minimum absolute atomic E-state index is 0.193. The number of carbonyl (C=O) groups is 2. The van der Waals surface area contributed by atoms with Crippen LogP contribution in [0.25, 0.3) is 0 Å². The Labute approximate surface area is 204 Å². The Hall–Kier alpha value is -4.14. The van der Waals surface area contributed by atoms with E-state index in [9.17, 15) is 9.59 Å². The molecule has 184 valence electrons. The molecular weight excluding hydrogens is 450 g/mol. The number of benzene rings is 2. The second-order valence-corrected chi connectivity index (χ2v) is 7.94. The van der Waals surface area contributed by atoms with Gasteiger partial charge in [-0.05, 0) is 73.0 Å². The topological polar surface area (TPSA) is 102 Å². The van der Waals surface area contributed by atoms with Crippen molar-refractivity contribution in [2.24, 2.45) is 0 Å². The van der Waals surface area contributed by atoms with E-state index in [1.807, 2.05) is 31.2 Å². The molecule has 3 aromatic rings. The summed E-state index contributed by atoms with van der Waals surface area (Å²) in [5.41, 5.74) is 2.57. The van der Waals surface area contributed by atoms with E-state index < -0.39 is 6.04 Å².